The second-order valence-electron chi connectivity index (χ2n) is 2.19. The van der Waals surface area contributed by atoms with Crippen LogP contribution in [0.1, 0.15) is 6.92 Å². The van der Waals surface area contributed by atoms with Crippen LogP contribution in [-0.4, -0.2) is 18.2 Å². The summed E-state index contributed by atoms with van der Waals surface area (Å²) in [6.45, 7) is 1.99. The Morgan fingerprint density at radius 2 is 2.40 bits per heavy atom. The maximum Gasteiger partial charge on any atom is 0.182 e. The average Bonchev–Trinajstić information content (AvgIpc) is 2.36. The minimum absolute atomic E-state index is 0.169. The van der Waals surface area contributed by atoms with Crippen LogP contribution in [0.4, 0.5) is 0 Å². The van der Waals surface area contributed by atoms with Gasteiger partial charge in [0.2, 0.25) is 0 Å². The van der Waals surface area contributed by atoms with E-state index in [9.17, 15) is 0 Å². The Hall–Kier alpha value is -1.32. The summed E-state index contributed by atoms with van der Waals surface area (Å²) >= 11 is 0. The number of nitrogens with zero attached hydrogens (tertiary/aromatic N) is 4. The Kier molecular flexibility index (Phi) is 1.00. The summed E-state index contributed by atoms with van der Waals surface area (Å²) in [7, 11) is 0. The molecule has 1 atom stereocenters. The van der Waals surface area contributed by atoms with Gasteiger partial charge in [-0.3, -0.25) is 4.99 Å². The summed E-state index contributed by atoms with van der Waals surface area (Å²) in [6, 6.07) is 0.169. The number of hydrogen-bond donors (Lipinski definition) is 0. The molecule has 10 heavy (non-hydrogen) atoms. The third-order valence-electron chi connectivity index (χ3n) is 1.53. The van der Waals surface area contributed by atoms with Crippen molar-refractivity contribution in [1.29, 1.82) is 0 Å². The first-order chi connectivity index (χ1) is 4.88. The summed E-state index contributed by atoms with van der Waals surface area (Å²) in [5.41, 5.74) is 1.02. The molecule has 0 amide bonds. The van der Waals surface area contributed by atoms with Gasteiger partial charge in [0.1, 0.15) is 6.34 Å². The molecular formula is C6H6N4. The number of hydrogen-bond acceptors (Lipinski definition) is 4. The largest absolute Gasteiger partial charge is 0.265 e. The summed E-state index contributed by atoms with van der Waals surface area (Å²) in [6.07, 6.45) is 3.24. The van der Waals surface area contributed by atoms with Crippen LogP contribution in [-0.2, 0) is 0 Å². The topological polar surface area (TPSA) is 49.4 Å². The van der Waals surface area contributed by atoms with Gasteiger partial charge in [0.25, 0.3) is 0 Å². The maximum atomic E-state index is 4.07. The number of fused-ring (bicyclic) bond motifs is 1. The first kappa shape index (κ1) is 5.46. The van der Waals surface area contributed by atoms with Crippen LogP contribution in [0.5, 0.6) is 0 Å². The van der Waals surface area contributed by atoms with Gasteiger partial charge in [0, 0.05) is 5.57 Å². The van der Waals surface area contributed by atoms with E-state index in [2.05, 4.69) is 20.2 Å². The highest BCUT2D eigenvalue weighted by atomic mass is 15.2. The number of rotatable bonds is 0. The molecule has 0 fully saturated rings. The van der Waals surface area contributed by atoms with Crippen LogP contribution < -0.4 is 0 Å². The molecule has 2 rings (SSSR count). The van der Waals surface area contributed by atoms with E-state index in [4.69, 9.17) is 0 Å². The lowest BCUT2D eigenvalue weighted by molar-refractivity contribution is 0.893. The Morgan fingerprint density at radius 3 is 3.20 bits per heavy atom. The van der Waals surface area contributed by atoms with E-state index in [1.165, 1.54) is 6.34 Å². The lowest BCUT2D eigenvalue weighted by atomic mass is 10.1. The molecule has 0 aliphatic carbocycles. The lowest BCUT2D eigenvalue weighted by Crippen LogP contribution is -2.13. The molecule has 2 heterocycles. The van der Waals surface area contributed by atoms with E-state index in [0.717, 1.165) is 5.57 Å². The van der Waals surface area contributed by atoms with Gasteiger partial charge in [-0.1, -0.05) is 0 Å². The quantitative estimate of drug-likeness (QED) is 0.477. The van der Waals surface area contributed by atoms with Crippen molar-refractivity contribution in [3.8, 4) is 0 Å². The highest BCUT2D eigenvalue weighted by Crippen LogP contribution is 2.17. The van der Waals surface area contributed by atoms with Crippen molar-refractivity contribution >= 4 is 12.2 Å². The van der Waals surface area contributed by atoms with Gasteiger partial charge in [-0.2, -0.15) is 5.11 Å². The van der Waals surface area contributed by atoms with Gasteiger partial charge in [-0.15, -0.1) is 5.11 Å². The van der Waals surface area contributed by atoms with Crippen molar-refractivity contribution in [2.75, 3.05) is 0 Å². The fourth-order valence-electron chi connectivity index (χ4n) is 0.925. The first-order valence-electron chi connectivity index (χ1n) is 3.08. The second kappa shape index (κ2) is 1.83. The summed E-state index contributed by atoms with van der Waals surface area (Å²) in [5.74, 6) is 0.711. The van der Waals surface area contributed by atoms with E-state index in [1.54, 1.807) is 6.20 Å². The van der Waals surface area contributed by atoms with Crippen LogP contribution in [0.2, 0.25) is 0 Å². The standard InChI is InChI=1S/C6H6N4/c1-4-5-2-9-10-6(5)8-3-7-4/h2-4H,1H3. The van der Waals surface area contributed by atoms with Gasteiger partial charge in [0.15, 0.2) is 5.84 Å². The van der Waals surface area contributed by atoms with Gasteiger partial charge in [-0.05, 0) is 6.92 Å². The maximum absolute atomic E-state index is 4.07. The molecule has 0 bridgehead atoms. The van der Waals surface area contributed by atoms with Gasteiger partial charge in [-0.25, -0.2) is 4.99 Å². The van der Waals surface area contributed by atoms with E-state index >= 15 is 0 Å². The Bertz CT molecular complexity index is 271. The average molecular weight is 134 g/mol. The zero-order chi connectivity index (χ0) is 6.97. The van der Waals surface area contributed by atoms with Crippen molar-refractivity contribution in [3.05, 3.63) is 11.8 Å². The molecule has 0 aromatic carbocycles. The van der Waals surface area contributed by atoms with E-state index in [0.29, 0.717) is 5.84 Å². The molecule has 2 aliphatic heterocycles. The fourth-order valence-corrected chi connectivity index (χ4v) is 0.925. The van der Waals surface area contributed by atoms with Gasteiger partial charge in [0.05, 0.1) is 12.2 Å². The molecule has 0 aromatic rings. The third-order valence-corrected chi connectivity index (χ3v) is 1.53. The van der Waals surface area contributed by atoms with Crippen molar-refractivity contribution < 1.29 is 0 Å². The summed E-state index contributed by atoms with van der Waals surface area (Å²) in [5, 5.41) is 7.53. The van der Waals surface area contributed by atoms with Crippen LogP contribution in [0.25, 0.3) is 0 Å². The molecule has 2 aliphatic rings. The first-order valence-corrected chi connectivity index (χ1v) is 3.08. The van der Waals surface area contributed by atoms with Crippen molar-refractivity contribution in [2.45, 2.75) is 13.0 Å². The molecule has 4 nitrogen and oxygen atoms in total. The SMILES string of the molecule is CC1N=CN=C2N=NC=C21. The predicted octanol–water partition coefficient (Wildman–Crippen LogP) is 1.17. The van der Waals surface area contributed by atoms with E-state index in [-0.39, 0.29) is 6.04 Å². The van der Waals surface area contributed by atoms with Gasteiger partial charge < -0.3 is 0 Å². The molecular weight excluding hydrogens is 128 g/mol. The zero-order valence-corrected chi connectivity index (χ0v) is 5.52. The minimum Gasteiger partial charge on any atom is -0.265 e. The molecule has 0 radical (unpaired) electrons. The van der Waals surface area contributed by atoms with Crippen LogP contribution in [0.15, 0.2) is 32.0 Å². The molecule has 0 spiro atoms. The van der Waals surface area contributed by atoms with E-state index < -0.39 is 0 Å². The molecule has 0 saturated carbocycles. The Morgan fingerprint density at radius 1 is 1.50 bits per heavy atom. The zero-order valence-electron chi connectivity index (χ0n) is 5.52. The number of azo groups is 1. The molecule has 0 N–H and O–H groups in total. The smallest absolute Gasteiger partial charge is 0.182 e. The van der Waals surface area contributed by atoms with Crippen LogP contribution in [0, 0.1) is 0 Å². The van der Waals surface area contributed by atoms with E-state index in [1.807, 2.05) is 6.92 Å². The highest BCUT2D eigenvalue weighted by molar-refractivity contribution is 6.05. The highest BCUT2D eigenvalue weighted by Gasteiger charge is 2.19. The predicted molar refractivity (Wildman–Crippen MR) is 38.3 cm³/mol. The molecule has 0 aromatic heterocycles. The summed E-state index contributed by atoms with van der Waals surface area (Å²) in [4.78, 5) is 8.01. The number of amidine groups is 1. The molecule has 0 saturated heterocycles. The lowest BCUT2D eigenvalue weighted by Gasteiger charge is -2.08. The van der Waals surface area contributed by atoms with Crippen molar-refractivity contribution in [2.24, 2.45) is 20.2 Å². The van der Waals surface area contributed by atoms with Crippen LogP contribution >= 0.6 is 0 Å². The summed E-state index contributed by atoms with van der Waals surface area (Å²) < 4.78 is 0. The van der Waals surface area contributed by atoms with Gasteiger partial charge >= 0.3 is 0 Å². The molecule has 1 unspecified atom stereocenters. The van der Waals surface area contributed by atoms with Crippen molar-refractivity contribution in [3.63, 3.8) is 0 Å². The normalized spacial score (nSPS) is 27.9. The fraction of sp³-hybridized carbons (Fsp3) is 0.333. The second-order valence-corrected chi connectivity index (χ2v) is 2.19. The monoisotopic (exact) mass is 134 g/mol. The van der Waals surface area contributed by atoms with Crippen molar-refractivity contribution in [1.82, 2.24) is 0 Å². The Labute approximate surface area is 58.1 Å². The Balaban J connectivity index is 2.45. The third kappa shape index (κ3) is 0.618. The van der Waals surface area contributed by atoms with Crippen LogP contribution in [0.3, 0.4) is 0 Å². The minimum atomic E-state index is 0.169. The number of aliphatic imine (C=N–C) groups is 2. The molecule has 50 valence electrons. The molecule has 4 heteroatoms.